The van der Waals surface area contributed by atoms with E-state index in [2.05, 4.69) is 9.97 Å². The smallest absolute Gasteiger partial charge is 0.271 e. The number of aromatic amines is 1. The number of aromatic nitrogens is 2. The van der Waals surface area contributed by atoms with Crippen LogP contribution in [-0.2, 0) is 0 Å². The van der Waals surface area contributed by atoms with E-state index in [4.69, 9.17) is 22.7 Å². The second-order valence-corrected chi connectivity index (χ2v) is 4.14. The first kappa shape index (κ1) is 13.5. The zero-order chi connectivity index (χ0) is 13.0. The van der Waals surface area contributed by atoms with Crippen molar-refractivity contribution in [3.05, 3.63) is 21.7 Å². The molecule has 1 unspecified atom stereocenters. The topological polar surface area (TPSA) is 98.9 Å². The lowest BCUT2D eigenvalue weighted by Crippen LogP contribution is -2.35. The van der Waals surface area contributed by atoms with E-state index in [9.17, 15) is 4.79 Å². The summed E-state index contributed by atoms with van der Waals surface area (Å²) in [5, 5.41) is 7.42. The average molecular weight is 258 g/mol. The van der Waals surface area contributed by atoms with Gasteiger partial charge in [0.15, 0.2) is 5.82 Å². The summed E-state index contributed by atoms with van der Waals surface area (Å²) in [5.41, 5.74) is 5.05. The lowest BCUT2D eigenvalue weighted by Gasteiger charge is -2.25. The van der Waals surface area contributed by atoms with E-state index in [-0.39, 0.29) is 22.3 Å². The lowest BCUT2D eigenvalue weighted by atomic mass is 10.1. The maximum Gasteiger partial charge on any atom is 0.271 e. The molecule has 17 heavy (non-hydrogen) atoms. The molecular weight excluding hydrogens is 242 g/mol. The zero-order valence-electron chi connectivity index (χ0n) is 9.83. The van der Waals surface area contributed by atoms with E-state index in [1.807, 2.05) is 18.7 Å². The van der Waals surface area contributed by atoms with Crippen LogP contribution in [0.25, 0.3) is 0 Å². The van der Waals surface area contributed by atoms with Crippen LogP contribution in [0.5, 0.6) is 0 Å². The maximum absolute atomic E-state index is 11.4. The van der Waals surface area contributed by atoms with Crippen molar-refractivity contribution in [2.24, 2.45) is 11.7 Å². The number of nitrogens with two attached hydrogens (primary N) is 1. The molecule has 7 heteroatoms. The molecule has 0 bridgehead atoms. The first-order valence-electron chi connectivity index (χ1n) is 5.29. The third-order valence-corrected chi connectivity index (χ3v) is 2.83. The van der Waals surface area contributed by atoms with Crippen LogP contribution in [0, 0.1) is 11.3 Å². The molecule has 0 saturated carbocycles. The van der Waals surface area contributed by atoms with Gasteiger partial charge in [0.05, 0.1) is 12.2 Å². The van der Waals surface area contributed by atoms with Gasteiger partial charge in [-0.3, -0.25) is 10.2 Å². The van der Waals surface area contributed by atoms with Crippen LogP contribution in [0.1, 0.15) is 13.8 Å². The van der Waals surface area contributed by atoms with Crippen molar-refractivity contribution in [1.82, 2.24) is 9.97 Å². The molecule has 0 aliphatic carbocycles. The Hall–Kier alpha value is -1.56. The molecule has 1 aromatic heterocycles. The quantitative estimate of drug-likeness (QED) is 0.537. The predicted octanol–water partition coefficient (Wildman–Crippen LogP) is 0.822. The van der Waals surface area contributed by atoms with Gasteiger partial charge in [0.1, 0.15) is 5.02 Å². The first-order chi connectivity index (χ1) is 7.97. The Balaban J connectivity index is 2.98. The van der Waals surface area contributed by atoms with Crippen molar-refractivity contribution in [1.29, 1.82) is 5.41 Å². The van der Waals surface area contributed by atoms with Crippen LogP contribution in [0.4, 0.5) is 5.82 Å². The molecule has 0 aromatic carbocycles. The van der Waals surface area contributed by atoms with Gasteiger partial charge in [-0.15, -0.1) is 0 Å². The highest BCUT2D eigenvalue weighted by molar-refractivity contribution is 6.32. The molecule has 0 saturated heterocycles. The Bertz CT molecular complexity index is 458. The number of H-pyrrole nitrogens is 1. The molecular formula is C10H16ClN5O. The summed E-state index contributed by atoms with van der Waals surface area (Å²) < 4.78 is 0. The third kappa shape index (κ3) is 3.20. The molecule has 0 radical (unpaired) electrons. The van der Waals surface area contributed by atoms with Gasteiger partial charge in [0.25, 0.3) is 5.56 Å². The first-order valence-corrected chi connectivity index (χ1v) is 5.67. The molecule has 1 rings (SSSR count). The Morgan fingerprint density at radius 1 is 1.76 bits per heavy atom. The number of halogens is 1. The number of nitrogens with one attached hydrogen (secondary N) is 2. The van der Waals surface area contributed by atoms with Gasteiger partial charge in [-0.05, 0) is 6.92 Å². The van der Waals surface area contributed by atoms with Crippen molar-refractivity contribution in [3.63, 3.8) is 0 Å². The lowest BCUT2D eigenvalue weighted by molar-refractivity contribution is 0.689. The number of amidine groups is 1. The Labute approximate surface area is 104 Å². The number of anilines is 1. The van der Waals surface area contributed by atoms with E-state index in [0.717, 1.165) is 0 Å². The minimum atomic E-state index is -0.370. The van der Waals surface area contributed by atoms with Crippen LogP contribution in [0.15, 0.2) is 11.1 Å². The Kier molecular flexibility index (Phi) is 4.51. The number of hydrogen-bond donors (Lipinski definition) is 3. The maximum atomic E-state index is 11.4. The average Bonchev–Trinajstić information content (AvgIpc) is 2.29. The van der Waals surface area contributed by atoms with Gasteiger partial charge in [-0.2, -0.15) is 0 Å². The van der Waals surface area contributed by atoms with Crippen LogP contribution in [-0.4, -0.2) is 28.9 Å². The molecule has 94 valence electrons. The summed E-state index contributed by atoms with van der Waals surface area (Å²) in [7, 11) is 0. The van der Waals surface area contributed by atoms with Gasteiger partial charge in [-0.1, -0.05) is 18.5 Å². The summed E-state index contributed by atoms with van der Waals surface area (Å²) in [6.07, 6.45) is 1.31. The molecule has 0 fully saturated rings. The van der Waals surface area contributed by atoms with Gasteiger partial charge in [0, 0.05) is 19.0 Å². The zero-order valence-corrected chi connectivity index (χ0v) is 10.6. The summed E-state index contributed by atoms with van der Waals surface area (Å²) in [5.74, 6) is 0.405. The molecule has 1 atom stereocenters. The van der Waals surface area contributed by atoms with Crippen LogP contribution in [0.2, 0.25) is 5.02 Å². The van der Waals surface area contributed by atoms with Crippen LogP contribution >= 0.6 is 11.6 Å². The predicted molar refractivity (Wildman–Crippen MR) is 68.8 cm³/mol. The van der Waals surface area contributed by atoms with E-state index in [1.165, 1.54) is 6.33 Å². The fraction of sp³-hybridized carbons (Fsp3) is 0.500. The molecule has 4 N–H and O–H groups in total. The van der Waals surface area contributed by atoms with E-state index >= 15 is 0 Å². The van der Waals surface area contributed by atoms with E-state index < -0.39 is 0 Å². The summed E-state index contributed by atoms with van der Waals surface area (Å²) in [6.45, 7) is 4.90. The fourth-order valence-corrected chi connectivity index (χ4v) is 1.61. The number of rotatable bonds is 5. The molecule has 0 spiro atoms. The van der Waals surface area contributed by atoms with Gasteiger partial charge < -0.3 is 15.6 Å². The second kappa shape index (κ2) is 5.67. The molecule has 0 aliphatic rings. The standard InChI is InChI=1S/C10H16ClN5O/c1-3-16(4-6(2)8(12)13)9-7(11)10(17)15-5-14-9/h5-6H,3-4H2,1-2H3,(H3,12,13)(H,14,15,17). The molecule has 1 heterocycles. The number of hydrogen-bond acceptors (Lipinski definition) is 4. The van der Waals surface area contributed by atoms with Crippen molar-refractivity contribution in [2.75, 3.05) is 18.0 Å². The molecule has 0 aliphatic heterocycles. The largest absolute Gasteiger partial charge is 0.387 e. The summed E-state index contributed by atoms with van der Waals surface area (Å²) >= 11 is 5.90. The van der Waals surface area contributed by atoms with Crippen LogP contribution < -0.4 is 16.2 Å². The van der Waals surface area contributed by atoms with Crippen molar-refractivity contribution < 1.29 is 0 Å². The highest BCUT2D eigenvalue weighted by Gasteiger charge is 2.16. The molecule has 1 aromatic rings. The summed E-state index contributed by atoms with van der Waals surface area (Å²) in [4.78, 5) is 19.6. The summed E-state index contributed by atoms with van der Waals surface area (Å²) in [6, 6.07) is 0. The van der Waals surface area contributed by atoms with Gasteiger partial charge >= 0.3 is 0 Å². The second-order valence-electron chi connectivity index (χ2n) is 3.76. The molecule has 0 amide bonds. The number of nitrogens with zero attached hydrogens (tertiary/aromatic N) is 2. The monoisotopic (exact) mass is 257 g/mol. The normalized spacial score (nSPS) is 12.2. The highest BCUT2D eigenvalue weighted by atomic mass is 35.5. The van der Waals surface area contributed by atoms with Crippen molar-refractivity contribution in [3.8, 4) is 0 Å². The highest BCUT2D eigenvalue weighted by Crippen LogP contribution is 2.19. The van der Waals surface area contributed by atoms with Crippen molar-refractivity contribution in [2.45, 2.75) is 13.8 Å². The third-order valence-electron chi connectivity index (χ3n) is 2.48. The molecule has 6 nitrogen and oxygen atoms in total. The minimum Gasteiger partial charge on any atom is -0.387 e. The van der Waals surface area contributed by atoms with E-state index in [0.29, 0.717) is 18.9 Å². The van der Waals surface area contributed by atoms with Gasteiger partial charge in [0.2, 0.25) is 0 Å². The minimum absolute atomic E-state index is 0.0603. The Morgan fingerprint density at radius 2 is 2.41 bits per heavy atom. The fourth-order valence-electron chi connectivity index (χ4n) is 1.39. The van der Waals surface area contributed by atoms with Crippen molar-refractivity contribution >= 4 is 23.3 Å². The van der Waals surface area contributed by atoms with Gasteiger partial charge in [-0.25, -0.2) is 4.98 Å². The Morgan fingerprint density at radius 3 is 2.94 bits per heavy atom. The van der Waals surface area contributed by atoms with E-state index in [1.54, 1.807) is 0 Å². The SMILES string of the molecule is CCN(CC(C)C(=N)N)c1nc[nH]c(=O)c1Cl. The van der Waals surface area contributed by atoms with Crippen LogP contribution in [0.3, 0.4) is 0 Å².